The molecular formula is C38H50N8O6. The van der Waals surface area contributed by atoms with Crippen molar-refractivity contribution in [3.05, 3.63) is 70.8 Å². The highest BCUT2D eigenvalue weighted by atomic mass is 16.5. The molecule has 52 heavy (non-hydrogen) atoms. The monoisotopic (exact) mass is 714 g/mol. The van der Waals surface area contributed by atoms with E-state index in [1.165, 1.54) is 14.2 Å². The summed E-state index contributed by atoms with van der Waals surface area (Å²) < 4.78 is 9.46. The van der Waals surface area contributed by atoms with Gasteiger partial charge in [-0.2, -0.15) is 0 Å². The first-order valence-electron chi connectivity index (χ1n) is 17.8. The van der Waals surface area contributed by atoms with Crippen LogP contribution in [-0.4, -0.2) is 93.1 Å². The van der Waals surface area contributed by atoms with Crippen molar-refractivity contribution in [3.63, 3.8) is 0 Å². The number of imidazole rings is 2. The Morgan fingerprint density at radius 3 is 1.77 bits per heavy atom. The predicted molar refractivity (Wildman–Crippen MR) is 197 cm³/mol. The minimum atomic E-state index is -0.682. The molecule has 4 atom stereocenters. The third-order valence-electron chi connectivity index (χ3n) is 9.56. The SMILES string of the molecule is COC(=O)N[C@H](C(=O)N1CCCC1c1nc(/C=C/c2ccc(/C=C/c3cnc(C4CCCN4C(=O)[C@@H](NC(=O)OC)C(C)C)[nH]3)cc2)c[nH]1)C(C)C. The maximum atomic E-state index is 13.4. The van der Waals surface area contributed by atoms with Crippen LogP contribution in [-0.2, 0) is 19.1 Å². The lowest BCUT2D eigenvalue weighted by atomic mass is 10.0. The van der Waals surface area contributed by atoms with E-state index in [4.69, 9.17) is 14.5 Å². The molecule has 3 aromatic rings. The maximum absolute atomic E-state index is 13.4. The smallest absolute Gasteiger partial charge is 0.407 e. The normalized spacial score (nSPS) is 18.8. The van der Waals surface area contributed by atoms with Crippen molar-refractivity contribution in [2.45, 2.75) is 77.5 Å². The number of hydrogen-bond donors (Lipinski definition) is 4. The fraction of sp³-hybridized carbons (Fsp3) is 0.474. The number of hydrogen-bond acceptors (Lipinski definition) is 8. The average molecular weight is 715 g/mol. The highest BCUT2D eigenvalue weighted by molar-refractivity contribution is 5.87. The number of methoxy groups -OCH3 is 2. The first kappa shape index (κ1) is 37.8. The molecule has 2 aliphatic heterocycles. The largest absolute Gasteiger partial charge is 0.453 e. The highest BCUT2D eigenvalue weighted by Gasteiger charge is 2.38. The van der Waals surface area contributed by atoms with Gasteiger partial charge in [0.2, 0.25) is 11.8 Å². The molecule has 14 heteroatoms. The zero-order valence-electron chi connectivity index (χ0n) is 30.7. The lowest BCUT2D eigenvalue weighted by Crippen LogP contribution is -2.51. The van der Waals surface area contributed by atoms with Crippen LogP contribution in [0.3, 0.4) is 0 Å². The number of nitrogens with zero attached hydrogens (tertiary/aromatic N) is 4. The van der Waals surface area contributed by atoms with Crippen molar-refractivity contribution in [2.75, 3.05) is 27.3 Å². The van der Waals surface area contributed by atoms with E-state index in [-0.39, 0.29) is 35.7 Å². The van der Waals surface area contributed by atoms with Gasteiger partial charge in [-0.3, -0.25) is 9.59 Å². The van der Waals surface area contributed by atoms with E-state index in [2.05, 4.69) is 25.6 Å². The molecule has 2 saturated heterocycles. The second-order valence-electron chi connectivity index (χ2n) is 13.9. The van der Waals surface area contributed by atoms with Crippen molar-refractivity contribution in [1.82, 2.24) is 40.4 Å². The van der Waals surface area contributed by atoms with E-state index in [1.807, 2.05) is 82.5 Å². The van der Waals surface area contributed by atoms with Gasteiger partial charge in [-0.05, 0) is 60.8 Å². The molecule has 0 saturated carbocycles. The van der Waals surface area contributed by atoms with Gasteiger partial charge in [-0.1, -0.05) is 64.1 Å². The number of amides is 4. The van der Waals surface area contributed by atoms with Crippen molar-refractivity contribution in [2.24, 2.45) is 11.8 Å². The molecule has 2 unspecified atom stereocenters. The summed E-state index contributed by atoms with van der Waals surface area (Å²) >= 11 is 0. The lowest BCUT2D eigenvalue weighted by molar-refractivity contribution is -0.136. The minimum absolute atomic E-state index is 0.0994. The fourth-order valence-electron chi connectivity index (χ4n) is 6.68. The van der Waals surface area contributed by atoms with Crippen LogP contribution >= 0.6 is 0 Å². The molecule has 0 aliphatic carbocycles. The summed E-state index contributed by atoms with van der Waals surface area (Å²) in [5.74, 6) is 0.954. The number of likely N-dealkylation sites (tertiary alicyclic amines) is 2. The zero-order valence-corrected chi connectivity index (χ0v) is 30.7. The number of rotatable bonds is 12. The van der Waals surface area contributed by atoms with Gasteiger partial charge in [0.1, 0.15) is 23.7 Å². The number of nitrogens with one attached hydrogen (secondary N) is 4. The lowest BCUT2D eigenvalue weighted by Gasteiger charge is -2.29. The Labute approximate surface area is 304 Å². The van der Waals surface area contributed by atoms with Gasteiger partial charge in [0, 0.05) is 19.3 Å². The average Bonchev–Trinajstić information content (AvgIpc) is 3.97. The highest BCUT2D eigenvalue weighted by Crippen LogP contribution is 2.33. The van der Waals surface area contributed by atoms with Crippen LogP contribution in [0.2, 0.25) is 0 Å². The number of alkyl carbamates (subject to hydrolysis) is 2. The Hall–Kier alpha value is -5.40. The number of H-pyrrole nitrogens is 2. The van der Waals surface area contributed by atoms with Crippen LogP contribution in [0.1, 0.15) is 99.6 Å². The maximum Gasteiger partial charge on any atom is 0.407 e. The van der Waals surface area contributed by atoms with Gasteiger partial charge in [-0.15, -0.1) is 0 Å². The first-order chi connectivity index (χ1) is 25.0. The molecule has 0 bridgehead atoms. The zero-order chi connectivity index (χ0) is 37.4. The van der Waals surface area contributed by atoms with Crippen LogP contribution in [0.4, 0.5) is 9.59 Å². The molecule has 5 rings (SSSR count). The van der Waals surface area contributed by atoms with E-state index in [0.717, 1.165) is 59.8 Å². The van der Waals surface area contributed by atoms with Crippen molar-refractivity contribution in [3.8, 4) is 0 Å². The van der Waals surface area contributed by atoms with Gasteiger partial charge in [0.05, 0.1) is 43.9 Å². The minimum Gasteiger partial charge on any atom is -0.453 e. The van der Waals surface area contributed by atoms with Gasteiger partial charge < -0.3 is 39.9 Å². The summed E-state index contributed by atoms with van der Waals surface area (Å²) in [6.07, 6.45) is 13.5. The molecule has 4 heterocycles. The number of carbonyl (C=O) groups excluding carboxylic acids is 4. The predicted octanol–water partition coefficient (Wildman–Crippen LogP) is 5.56. The second kappa shape index (κ2) is 17.2. The molecular weight excluding hydrogens is 664 g/mol. The molecule has 14 nitrogen and oxygen atoms in total. The van der Waals surface area contributed by atoms with Crippen LogP contribution in [0, 0.1) is 11.8 Å². The number of benzene rings is 1. The molecule has 2 aromatic heterocycles. The summed E-state index contributed by atoms with van der Waals surface area (Å²) in [5, 5.41) is 5.36. The Kier molecular flexibility index (Phi) is 12.5. The number of carbonyl (C=O) groups is 4. The molecule has 278 valence electrons. The third-order valence-corrected chi connectivity index (χ3v) is 9.56. The Balaban J connectivity index is 1.18. The third kappa shape index (κ3) is 9.09. The number of ether oxygens (including phenoxy) is 2. The topological polar surface area (TPSA) is 175 Å². The summed E-state index contributed by atoms with van der Waals surface area (Å²) in [5.41, 5.74) is 3.59. The summed E-state index contributed by atoms with van der Waals surface area (Å²) in [6.45, 7) is 8.77. The Bertz CT molecular complexity index is 1630. The van der Waals surface area contributed by atoms with Gasteiger partial charge >= 0.3 is 12.2 Å². The number of aromatic amines is 2. The summed E-state index contributed by atoms with van der Waals surface area (Å²) in [4.78, 5) is 70.1. The second-order valence-corrected chi connectivity index (χ2v) is 13.9. The molecule has 4 amide bonds. The molecule has 0 spiro atoms. The Morgan fingerprint density at radius 1 is 0.769 bits per heavy atom. The van der Waals surface area contributed by atoms with E-state index in [9.17, 15) is 19.2 Å². The van der Waals surface area contributed by atoms with Crippen molar-refractivity contribution >= 4 is 48.3 Å². The molecule has 2 fully saturated rings. The standard InChI is InChI=1S/C38H50N8O6/c1-23(2)31(43-37(49)51-5)35(47)45-19-7-9-29(45)33-39-21-27(41-33)17-15-25-11-13-26(14-12-25)16-18-28-22-40-34(42-28)30-10-8-20-46(30)36(48)32(24(3)4)44-38(50)52-6/h11-18,21-24,29-32H,7-10,19-20H2,1-6H3,(H,39,41)(H,40,42)(H,43,49)(H,44,50)/b17-15+,18-16+/t29?,30?,31-,32-/m0/s1. The molecule has 4 N–H and O–H groups in total. The van der Waals surface area contributed by atoms with Gasteiger partial charge in [-0.25, -0.2) is 19.6 Å². The van der Waals surface area contributed by atoms with Gasteiger partial charge in [0.25, 0.3) is 0 Å². The summed E-state index contributed by atoms with van der Waals surface area (Å²) in [7, 11) is 2.57. The first-order valence-corrected chi connectivity index (χ1v) is 17.8. The number of aromatic nitrogens is 4. The van der Waals surface area contributed by atoms with Crippen LogP contribution in [0.25, 0.3) is 24.3 Å². The summed E-state index contributed by atoms with van der Waals surface area (Å²) in [6, 6.07) is 6.34. The van der Waals surface area contributed by atoms with E-state index in [1.54, 1.807) is 16.0 Å². The van der Waals surface area contributed by atoms with Crippen molar-refractivity contribution in [1.29, 1.82) is 0 Å². The van der Waals surface area contributed by atoms with Crippen LogP contribution in [0.5, 0.6) is 0 Å². The molecule has 0 radical (unpaired) electrons. The fourth-order valence-corrected chi connectivity index (χ4v) is 6.68. The van der Waals surface area contributed by atoms with Crippen LogP contribution < -0.4 is 10.6 Å². The Morgan fingerprint density at radius 2 is 1.27 bits per heavy atom. The van der Waals surface area contributed by atoms with E-state index >= 15 is 0 Å². The van der Waals surface area contributed by atoms with Crippen molar-refractivity contribution < 1.29 is 28.7 Å². The van der Waals surface area contributed by atoms with E-state index < -0.39 is 24.3 Å². The quantitative estimate of drug-likeness (QED) is 0.189. The van der Waals surface area contributed by atoms with Crippen LogP contribution in [0.15, 0.2) is 36.7 Å². The van der Waals surface area contributed by atoms with Gasteiger partial charge in [0.15, 0.2) is 0 Å². The van der Waals surface area contributed by atoms with E-state index in [0.29, 0.717) is 13.1 Å². The molecule has 1 aromatic carbocycles. The molecule has 2 aliphatic rings.